The van der Waals surface area contributed by atoms with Gasteiger partial charge in [0.2, 0.25) is 0 Å². The van der Waals surface area contributed by atoms with Gasteiger partial charge in [0.1, 0.15) is 5.82 Å². The van der Waals surface area contributed by atoms with Crippen molar-refractivity contribution >= 4 is 11.0 Å². The summed E-state index contributed by atoms with van der Waals surface area (Å²) in [6.07, 6.45) is 7.25. The Hall–Kier alpha value is -3.91. The van der Waals surface area contributed by atoms with Crippen LogP contribution in [0.15, 0.2) is 91.3 Å². The summed E-state index contributed by atoms with van der Waals surface area (Å²) in [7, 11) is 0. The number of nitrogens with one attached hydrogen (secondary N) is 3. The number of pyridine rings is 2. The van der Waals surface area contributed by atoms with E-state index in [0.29, 0.717) is 6.04 Å². The normalized spacial score (nSPS) is 15.0. The first-order valence-corrected chi connectivity index (χ1v) is 14.3. The first-order chi connectivity index (χ1) is 19.8. The predicted molar refractivity (Wildman–Crippen MR) is 159 cm³/mol. The molecule has 0 radical (unpaired) electrons. The molecule has 0 saturated carbocycles. The van der Waals surface area contributed by atoms with Gasteiger partial charge in [-0.15, -0.1) is 0 Å². The molecule has 204 valence electrons. The van der Waals surface area contributed by atoms with Crippen molar-refractivity contribution in [2.24, 2.45) is 0 Å². The zero-order valence-electron chi connectivity index (χ0n) is 22.9. The smallest absolute Gasteiger partial charge is 0.121 e. The molecule has 6 rings (SSSR count). The van der Waals surface area contributed by atoms with Crippen LogP contribution in [0.25, 0.3) is 11.0 Å². The summed E-state index contributed by atoms with van der Waals surface area (Å²) in [5.41, 5.74) is 8.42. The molecule has 1 unspecified atom stereocenters. The summed E-state index contributed by atoms with van der Waals surface area (Å²) in [5, 5.41) is 7.12. The van der Waals surface area contributed by atoms with Crippen LogP contribution >= 0.6 is 0 Å². The Morgan fingerprint density at radius 1 is 0.800 bits per heavy atom. The molecule has 0 aliphatic heterocycles. The Balaban J connectivity index is 1.09. The monoisotopic (exact) mass is 531 g/mol. The van der Waals surface area contributed by atoms with Crippen LogP contribution in [0.3, 0.4) is 0 Å². The molecule has 0 fully saturated rings. The van der Waals surface area contributed by atoms with Gasteiger partial charge in [-0.2, -0.15) is 0 Å². The van der Waals surface area contributed by atoms with E-state index in [1.54, 1.807) is 0 Å². The highest BCUT2D eigenvalue weighted by molar-refractivity contribution is 5.74. The SMILES string of the molecule is c1ccc(CNCc2ccc(CN(CCNCc3nc4ccccc4[nH]3)C3CCCc4cccnc43)cc2)nc1. The zero-order chi connectivity index (χ0) is 27.0. The van der Waals surface area contributed by atoms with Gasteiger partial charge in [0.15, 0.2) is 0 Å². The van der Waals surface area contributed by atoms with Crippen molar-refractivity contribution in [2.75, 3.05) is 13.1 Å². The fourth-order valence-electron chi connectivity index (χ4n) is 5.64. The van der Waals surface area contributed by atoms with Gasteiger partial charge < -0.3 is 15.6 Å². The van der Waals surface area contributed by atoms with Crippen molar-refractivity contribution in [1.29, 1.82) is 0 Å². The van der Waals surface area contributed by atoms with Crippen molar-refractivity contribution in [1.82, 2.24) is 35.5 Å². The molecule has 1 aliphatic rings. The van der Waals surface area contributed by atoms with Crippen LogP contribution in [0.4, 0.5) is 0 Å². The molecule has 1 atom stereocenters. The fourth-order valence-corrected chi connectivity index (χ4v) is 5.64. The molecular weight excluding hydrogens is 494 g/mol. The highest BCUT2D eigenvalue weighted by Gasteiger charge is 2.27. The van der Waals surface area contributed by atoms with E-state index in [0.717, 1.165) is 74.7 Å². The molecule has 3 aromatic heterocycles. The molecule has 40 heavy (non-hydrogen) atoms. The fraction of sp³-hybridized carbons (Fsp3) is 0.303. The molecule has 0 saturated heterocycles. The Kier molecular flexibility index (Phi) is 8.53. The molecule has 3 N–H and O–H groups in total. The Bertz CT molecular complexity index is 1460. The van der Waals surface area contributed by atoms with Gasteiger partial charge in [-0.1, -0.05) is 48.5 Å². The van der Waals surface area contributed by atoms with Crippen LogP contribution in [-0.2, 0) is 32.6 Å². The lowest BCUT2D eigenvalue weighted by Crippen LogP contribution is -2.36. The van der Waals surface area contributed by atoms with Crippen molar-refractivity contribution in [3.05, 3.63) is 125 Å². The summed E-state index contributed by atoms with van der Waals surface area (Å²) in [6, 6.07) is 27.9. The molecule has 7 nitrogen and oxygen atoms in total. The van der Waals surface area contributed by atoms with E-state index in [4.69, 9.17) is 9.97 Å². The number of benzene rings is 2. The second-order valence-corrected chi connectivity index (χ2v) is 10.5. The van der Waals surface area contributed by atoms with Gasteiger partial charge >= 0.3 is 0 Å². The minimum atomic E-state index is 0.331. The summed E-state index contributed by atoms with van der Waals surface area (Å²) in [6.45, 7) is 5.04. The lowest BCUT2D eigenvalue weighted by atomic mass is 9.90. The van der Waals surface area contributed by atoms with Crippen LogP contribution in [0.5, 0.6) is 0 Å². The van der Waals surface area contributed by atoms with Crippen molar-refractivity contribution < 1.29 is 0 Å². The average molecular weight is 532 g/mol. The number of imidazole rings is 1. The number of nitrogens with zero attached hydrogens (tertiary/aromatic N) is 4. The number of para-hydroxylation sites is 2. The van der Waals surface area contributed by atoms with Crippen molar-refractivity contribution in [3.63, 3.8) is 0 Å². The summed E-state index contributed by atoms with van der Waals surface area (Å²) >= 11 is 0. The number of H-pyrrole nitrogens is 1. The first kappa shape index (κ1) is 26.3. The van der Waals surface area contributed by atoms with E-state index in [1.807, 2.05) is 42.7 Å². The van der Waals surface area contributed by atoms with E-state index in [1.165, 1.54) is 28.8 Å². The molecular formula is C33H37N7. The summed E-state index contributed by atoms with van der Waals surface area (Å²) < 4.78 is 0. The van der Waals surface area contributed by atoms with Gasteiger partial charge in [0, 0.05) is 45.1 Å². The minimum Gasteiger partial charge on any atom is -0.341 e. The largest absolute Gasteiger partial charge is 0.341 e. The van der Waals surface area contributed by atoms with E-state index in [9.17, 15) is 0 Å². The second-order valence-electron chi connectivity index (χ2n) is 10.5. The van der Waals surface area contributed by atoms with E-state index < -0.39 is 0 Å². The average Bonchev–Trinajstić information content (AvgIpc) is 3.43. The minimum absolute atomic E-state index is 0.331. The van der Waals surface area contributed by atoms with Gasteiger partial charge in [0.05, 0.1) is 35.0 Å². The zero-order valence-corrected chi connectivity index (χ0v) is 22.9. The lowest BCUT2D eigenvalue weighted by molar-refractivity contribution is 0.166. The molecule has 1 aliphatic carbocycles. The van der Waals surface area contributed by atoms with Crippen LogP contribution in [-0.4, -0.2) is 37.9 Å². The first-order valence-electron chi connectivity index (χ1n) is 14.3. The van der Waals surface area contributed by atoms with Crippen molar-refractivity contribution in [3.8, 4) is 0 Å². The highest BCUT2D eigenvalue weighted by Crippen LogP contribution is 2.33. The quantitative estimate of drug-likeness (QED) is 0.189. The van der Waals surface area contributed by atoms with Gasteiger partial charge in [0.25, 0.3) is 0 Å². The summed E-state index contributed by atoms with van der Waals surface area (Å²) in [4.78, 5) is 20.0. The lowest BCUT2D eigenvalue weighted by Gasteiger charge is -2.35. The second kappa shape index (κ2) is 13.0. The number of hydrogen-bond donors (Lipinski definition) is 3. The van der Waals surface area contributed by atoms with Crippen LogP contribution < -0.4 is 10.6 Å². The Labute approximate surface area is 236 Å². The predicted octanol–water partition coefficient (Wildman–Crippen LogP) is 5.31. The standard InChI is InChI=1S/C33H37N7/c1-2-11-30-29(10-1)38-32(39-30)23-34-19-20-40(31-12-5-7-27-8-6-18-37-33(27)31)24-26-15-13-25(14-16-26)21-35-22-28-9-3-4-17-36-28/h1-4,6,8-11,13-18,31,34-35H,5,7,12,19-24H2,(H,38,39). The molecule has 3 heterocycles. The molecule has 5 aromatic rings. The summed E-state index contributed by atoms with van der Waals surface area (Å²) in [5.74, 6) is 0.977. The topological polar surface area (TPSA) is 81.8 Å². The third-order valence-electron chi connectivity index (χ3n) is 7.68. The van der Waals surface area contributed by atoms with Crippen LogP contribution in [0, 0.1) is 0 Å². The number of aromatic amines is 1. The number of aromatic nitrogens is 4. The third kappa shape index (κ3) is 6.62. The van der Waals surface area contributed by atoms with Gasteiger partial charge in [-0.3, -0.25) is 14.9 Å². The maximum absolute atomic E-state index is 4.85. The number of aryl methyl sites for hydroxylation is 1. The van der Waals surface area contributed by atoms with E-state index >= 15 is 0 Å². The number of fused-ring (bicyclic) bond motifs is 2. The maximum atomic E-state index is 4.85. The molecule has 0 amide bonds. The van der Waals surface area contributed by atoms with Gasteiger partial charge in [-0.05, 0) is 66.3 Å². The third-order valence-corrected chi connectivity index (χ3v) is 7.68. The number of hydrogen-bond acceptors (Lipinski definition) is 6. The maximum Gasteiger partial charge on any atom is 0.121 e. The Morgan fingerprint density at radius 2 is 1.65 bits per heavy atom. The highest BCUT2D eigenvalue weighted by atomic mass is 15.2. The Morgan fingerprint density at radius 3 is 2.52 bits per heavy atom. The van der Waals surface area contributed by atoms with Gasteiger partial charge in [-0.25, -0.2) is 4.98 Å². The molecule has 0 spiro atoms. The van der Waals surface area contributed by atoms with Crippen LogP contribution in [0.1, 0.15) is 52.8 Å². The molecule has 7 heteroatoms. The van der Waals surface area contributed by atoms with E-state index in [2.05, 4.69) is 74.0 Å². The molecule has 2 aromatic carbocycles. The number of rotatable bonds is 12. The van der Waals surface area contributed by atoms with E-state index in [-0.39, 0.29) is 0 Å². The van der Waals surface area contributed by atoms with Crippen LogP contribution in [0.2, 0.25) is 0 Å². The van der Waals surface area contributed by atoms with Crippen molar-refractivity contribution in [2.45, 2.75) is 51.5 Å². The molecule has 0 bridgehead atoms.